The lowest BCUT2D eigenvalue weighted by Crippen LogP contribution is -2.66. The van der Waals surface area contributed by atoms with Gasteiger partial charge in [-0.25, -0.2) is 8.78 Å². The molecule has 6 fully saturated rings. The van der Waals surface area contributed by atoms with Crippen LogP contribution in [-0.2, 0) is 40.0 Å². The summed E-state index contributed by atoms with van der Waals surface area (Å²) in [4.78, 5) is 104. The van der Waals surface area contributed by atoms with E-state index in [2.05, 4.69) is 16.0 Å². The van der Waals surface area contributed by atoms with Gasteiger partial charge in [0, 0.05) is 45.0 Å². The van der Waals surface area contributed by atoms with Gasteiger partial charge in [0.1, 0.15) is 53.7 Å². The number of alkyl halides is 4. The standard InChI is InChI=1S/C47H63ClF5N7O7/c1-26(2)19-32-41(64)58(4)36(21-28-20-29(49)13-14-31(28)48)42(65)59-18-7-10-34(59)38(61)54-17-6-5-9-33(39(62)55-32)57(3)43(66)37(27-11-12-27)56-40(63)35-22-30(50)23-60(35)44(67)46(47(51,52)53)24-45(25-46)15-8-16-45/h13-14,20,26-27,30,32-37H,5-12,15-19,21-25H2,1-4H3,(H,54,61)(H,55,62)(H,56,63)/t30-,32+,33+,34-,35+,36+,37+/m1/s1. The van der Waals surface area contributed by atoms with Gasteiger partial charge in [-0.3, -0.25) is 33.6 Å². The summed E-state index contributed by atoms with van der Waals surface area (Å²) >= 11 is 6.47. The van der Waals surface area contributed by atoms with E-state index in [1.807, 2.05) is 13.8 Å². The van der Waals surface area contributed by atoms with Crippen LogP contribution in [-0.4, -0.2) is 143 Å². The van der Waals surface area contributed by atoms with E-state index in [0.29, 0.717) is 56.3 Å². The second-order valence-corrected chi connectivity index (χ2v) is 20.9. The van der Waals surface area contributed by atoms with Crippen molar-refractivity contribution in [3.05, 3.63) is 34.6 Å². The molecule has 7 amide bonds. The van der Waals surface area contributed by atoms with E-state index in [4.69, 9.17) is 11.6 Å². The number of hydrogen-bond donors (Lipinski definition) is 3. The Hall–Kier alpha value is -4.55. The van der Waals surface area contributed by atoms with Crippen molar-refractivity contribution < 1.29 is 55.5 Å². The first-order valence-electron chi connectivity index (χ1n) is 23.7. The number of nitrogens with zero attached hydrogens (tertiary/aromatic N) is 4. The monoisotopic (exact) mass is 967 g/mol. The van der Waals surface area contributed by atoms with Crippen LogP contribution < -0.4 is 16.0 Å². The van der Waals surface area contributed by atoms with Crippen molar-refractivity contribution in [3.8, 4) is 0 Å². The lowest BCUT2D eigenvalue weighted by molar-refractivity contribution is -0.285. The summed E-state index contributed by atoms with van der Waals surface area (Å²) in [5.74, 6) is -6.51. The van der Waals surface area contributed by atoms with Gasteiger partial charge < -0.3 is 35.6 Å². The Kier molecular flexibility index (Phi) is 14.9. The van der Waals surface area contributed by atoms with Crippen LogP contribution in [0, 0.1) is 28.5 Å². The van der Waals surface area contributed by atoms with Gasteiger partial charge in [-0.05, 0) is 118 Å². The van der Waals surface area contributed by atoms with Gasteiger partial charge in [-0.15, -0.1) is 0 Å². The number of likely N-dealkylation sites (N-methyl/N-ethyl adjacent to an activating group) is 2. The molecule has 7 atom stereocenters. The lowest BCUT2D eigenvalue weighted by atomic mass is 9.44. The largest absolute Gasteiger partial charge is 0.403 e. The molecular formula is C47H63ClF5N7O7. The topological polar surface area (TPSA) is 169 Å². The second kappa shape index (κ2) is 19.8. The Balaban J connectivity index is 1.13. The maximum atomic E-state index is 15.1. The molecule has 1 spiro atoms. The summed E-state index contributed by atoms with van der Waals surface area (Å²) in [5.41, 5.74) is -3.04. The zero-order valence-electron chi connectivity index (χ0n) is 38.6. The molecule has 3 N–H and O–H groups in total. The number of halogens is 6. The molecule has 3 aliphatic carbocycles. The highest BCUT2D eigenvalue weighted by atomic mass is 35.5. The molecule has 0 radical (unpaired) electrons. The van der Waals surface area contributed by atoms with Gasteiger partial charge in [-0.1, -0.05) is 31.9 Å². The van der Waals surface area contributed by atoms with E-state index < -0.39 is 138 Å². The highest BCUT2D eigenvalue weighted by Gasteiger charge is 2.74. The molecule has 3 saturated heterocycles. The summed E-state index contributed by atoms with van der Waals surface area (Å²) in [6.07, 6.45) is -3.61. The summed E-state index contributed by atoms with van der Waals surface area (Å²) < 4.78 is 73.6. The highest BCUT2D eigenvalue weighted by molar-refractivity contribution is 6.31. The van der Waals surface area contributed by atoms with Crippen molar-refractivity contribution in [2.24, 2.45) is 22.7 Å². The molecule has 0 bridgehead atoms. The van der Waals surface area contributed by atoms with E-state index in [1.165, 1.54) is 36.0 Å². The molecule has 7 rings (SSSR count). The van der Waals surface area contributed by atoms with Crippen LogP contribution >= 0.6 is 11.6 Å². The SMILES string of the molecule is CC(C)C[C@@H]1NC(=O)[C@@H](N(C)C(=O)[C@@H](NC(=O)[C@@H]2C[C@@H](F)CN2C(=O)C2(C(F)(F)F)CC3(CCC3)C2)C2CC2)CCCCNC(=O)[C@H]2CCCN2C(=O)[C@H](Cc2cc(F)ccc2Cl)N(C)C1=O. The maximum Gasteiger partial charge on any atom is 0.403 e. The van der Waals surface area contributed by atoms with E-state index in [9.17, 15) is 51.1 Å². The van der Waals surface area contributed by atoms with Gasteiger partial charge in [0.2, 0.25) is 41.4 Å². The maximum absolute atomic E-state index is 15.1. The van der Waals surface area contributed by atoms with Crippen LogP contribution in [0.4, 0.5) is 22.0 Å². The van der Waals surface area contributed by atoms with Crippen molar-refractivity contribution in [2.75, 3.05) is 33.7 Å². The van der Waals surface area contributed by atoms with E-state index in [1.54, 1.807) is 0 Å². The van der Waals surface area contributed by atoms with E-state index >= 15 is 4.39 Å². The first-order valence-corrected chi connectivity index (χ1v) is 24.1. The average molecular weight is 969 g/mol. The summed E-state index contributed by atoms with van der Waals surface area (Å²) in [6.45, 7) is 3.39. The molecule has 3 aliphatic heterocycles. The molecule has 6 aliphatic rings. The highest BCUT2D eigenvalue weighted by Crippen LogP contribution is 2.69. The normalized spacial score (nSPS) is 28.6. The zero-order valence-corrected chi connectivity index (χ0v) is 39.3. The van der Waals surface area contributed by atoms with Gasteiger partial charge in [0.25, 0.3) is 0 Å². The van der Waals surface area contributed by atoms with Crippen LogP contribution in [0.15, 0.2) is 18.2 Å². The average Bonchev–Trinajstić information content (AvgIpc) is 3.81. The third-order valence-electron chi connectivity index (χ3n) is 15.2. The molecule has 370 valence electrons. The molecule has 0 aromatic heterocycles. The van der Waals surface area contributed by atoms with Crippen LogP contribution in [0.5, 0.6) is 0 Å². The smallest absolute Gasteiger partial charge is 0.354 e. The molecular weight excluding hydrogens is 905 g/mol. The number of hydrogen-bond acceptors (Lipinski definition) is 7. The Morgan fingerprint density at radius 3 is 2.30 bits per heavy atom. The van der Waals surface area contributed by atoms with Crippen molar-refractivity contribution in [1.29, 1.82) is 0 Å². The molecule has 3 heterocycles. The Morgan fingerprint density at radius 1 is 0.970 bits per heavy atom. The number of amides is 7. The zero-order chi connectivity index (χ0) is 48.7. The summed E-state index contributed by atoms with van der Waals surface area (Å²) in [7, 11) is 2.76. The first-order chi connectivity index (χ1) is 31.6. The molecule has 1 aromatic rings. The number of likely N-dealkylation sites (tertiary alicyclic amines) is 1. The molecule has 1 aromatic carbocycles. The predicted octanol–water partition coefficient (Wildman–Crippen LogP) is 4.84. The Labute approximate surface area is 392 Å². The number of rotatable bonds is 10. The fraction of sp³-hybridized carbons (Fsp3) is 0.723. The van der Waals surface area contributed by atoms with Gasteiger partial charge in [0.15, 0.2) is 0 Å². The minimum absolute atomic E-state index is 0.0535. The lowest BCUT2D eigenvalue weighted by Gasteiger charge is -2.60. The second-order valence-electron chi connectivity index (χ2n) is 20.5. The molecule has 3 saturated carbocycles. The third kappa shape index (κ3) is 10.4. The Bertz CT molecular complexity index is 2090. The van der Waals surface area contributed by atoms with E-state index in [-0.39, 0.29) is 48.9 Å². The molecule has 67 heavy (non-hydrogen) atoms. The predicted molar refractivity (Wildman–Crippen MR) is 235 cm³/mol. The van der Waals surface area contributed by atoms with Gasteiger partial charge >= 0.3 is 6.18 Å². The number of carbonyl (C=O) groups excluding carboxylic acids is 7. The van der Waals surface area contributed by atoms with Crippen molar-refractivity contribution >= 4 is 53.0 Å². The van der Waals surface area contributed by atoms with Crippen molar-refractivity contribution in [2.45, 2.75) is 159 Å². The summed E-state index contributed by atoms with van der Waals surface area (Å²) in [5, 5.41) is 8.52. The van der Waals surface area contributed by atoms with Crippen LogP contribution in [0.1, 0.15) is 109 Å². The Morgan fingerprint density at radius 2 is 1.67 bits per heavy atom. The fourth-order valence-electron chi connectivity index (χ4n) is 11.1. The number of fused-ring (bicyclic) bond motifs is 1. The molecule has 0 unspecified atom stereocenters. The molecule has 14 nitrogen and oxygen atoms in total. The number of benzene rings is 1. The third-order valence-corrected chi connectivity index (χ3v) is 15.6. The number of nitrogens with one attached hydrogen (secondary N) is 3. The fourth-order valence-corrected chi connectivity index (χ4v) is 11.3. The van der Waals surface area contributed by atoms with Gasteiger partial charge in [0.05, 0.1) is 6.54 Å². The molecule has 20 heteroatoms. The number of carbonyl (C=O) groups is 7. The van der Waals surface area contributed by atoms with E-state index in [0.717, 1.165) is 17.4 Å². The van der Waals surface area contributed by atoms with Gasteiger partial charge in [-0.2, -0.15) is 13.2 Å². The minimum atomic E-state index is -4.91. The van der Waals surface area contributed by atoms with Crippen LogP contribution in [0.25, 0.3) is 0 Å². The first kappa shape index (κ1) is 50.3. The van der Waals surface area contributed by atoms with Crippen molar-refractivity contribution in [3.63, 3.8) is 0 Å². The minimum Gasteiger partial charge on any atom is -0.354 e. The quantitative estimate of drug-likeness (QED) is 0.282. The van der Waals surface area contributed by atoms with Crippen LogP contribution in [0.3, 0.4) is 0 Å². The van der Waals surface area contributed by atoms with Crippen LogP contribution in [0.2, 0.25) is 5.02 Å². The van der Waals surface area contributed by atoms with Crippen molar-refractivity contribution in [1.82, 2.24) is 35.6 Å². The summed E-state index contributed by atoms with van der Waals surface area (Å²) in [6, 6.07) is -3.75.